The first-order chi connectivity index (χ1) is 21.3. The zero-order valence-electron chi connectivity index (χ0n) is 24.2. The predicted molar refractivity (Wildman–Crippen MR) is 166 cm³/mol. The van der Waals surface area contributed by atoms with Crippen molar-refractivity contribution in [1.29, 1.82) is 0 Å². The lowest BCUT2D eigenvalue weighted by molar-refractivity contribution is 0.255. The maximum absolute atomic E-state index is 13.4. The Morgan fingerprint density at radius 3 is 1.95 bits per heavy atom. The summed E-state index contributed by atoms with van der Waals surface area (Å²) in [5.41, 5.74) is 2.63. The van der Waals surface area contributed by atoms with Crippen LogP contribution in [0.15, 0.2) is 107 Å². The maximum Gasteiger partial charge on any atom is 0.332 e. The third-order valence-corrected chi connectivity index (χ3v) is 7.40. The number of aromatic nitrogens is 4. The fourth-order valence-electron chi connectivity index (χ4n) is 5.02. The Labute approximate surface area is 252 Å². The first-order valence-corrected chi connectivity index (χ1v) is 13.9. The molecule has 10 heteroatoms. The molecule has 2 heterocycles. The quantitative estimate of drug-likeness (QED) is 0.234. The Hall–Kier alpha value is -5.77. The van der Waals surface area contributed by atoms with Crippen molar-refractivity contribution in [2.24, 2.45) is 14.1 Å². The van der Waals surface area contributed by atoms with Crippen molar-refractivity contribution in [1.82, 2.24) is 18.7 Å². The lowest BCUT2D eigenvalue weighted by atomic mass is 10.1. The van der Waals surface area contributed by atoms with E-state index in [0.29, 0.717) is 36.1 Å². The molecule has 4 aromatic carbocycles. The van der Waals surface area contributed by atoms with Crippen LogP contribution in [-0.4, -0.2) is 28.9 Å². The number of phenolic OH excluding ortho intramolecular Hbond substituents is 2. The average Bonchev–Trinajstić information content (AvgIpc) is 3.42. The normalized spacial score (nSPS) is 11.1. The second-order valence-electron chi connectivity index (χ2n) is 10.4. The molecule has 2 N–H and O–H groups in total. The number of fused-ring (bicyclic) bond motifs is 1. The van der Waals surface area contributed by atoms with Crippen LogP contribution in [0.2, 0.25) is 0 Å². The number of aromatic hydroxyl groups is 2. The van der Waals surface area contributed by atoms with E-state index in [1.165, 1.54) is 23.7 Å². The highest BCUT2D eigenvalue weighted by molar-refractivity contribution is 5.78. The van der Waals surface area contributed by atoms with Gasteiger partial charge >= 0.3 is 5.69 Å². The molecule has 0 atom stereocenters. The van der Waals surface area contributed by atoms with Crippen molar-refractivity contribution >= 4 is 11.2 Å². The van der Waals surface area contributed by atoms with Crippen LogP contribution in [0, 0.1) is 0 Å². The summed E-state index contributed by atoms with van der Waals surface area (Å²) in [7, 11) is 2.97. The number of rotatable bonds is 9. The van der Waals surface area contributed by atoms with Crippen LogP contribution in [-0.2, 0) is 33.9 Å². The van der Waals surface area contributed by atoms with Gasteiger partial charge in [0.05, 0.1) is 6.54 Å². The van der Waals surface area contributed by atoms with Crippen LogP contribution in [0.5, 0.6) is 23.0 Å². The van der Waals surface area contributed by atoms with Crippen LogP contribution in [0.25, 0.3) is 22.6 Å². The van der Waals surface area contributed by atoms with Crippen LogP contribution in [0.3, 0.4) is 0 Å². The van der Waals surface area contributed by atoms with Gasteiger partial charge in [0.15, 0.2) is 34.2 Å². The fraction of sp³-hybridized carbons (Fsp3) is 0.147. The summed E-state index contributed by atoms with van der Waals surface area (Å²) in [6.45, 7) is 0.856. The van der Waals surface area contributed by atoms with E-state index in [0.717, 1.165) is 21.3 Å². The molecule has 0 radical (unpaired) electrons. The lowest BCUT2D eigenvalue weighted by Gasteiger charge is -2.16. The summed E-state index contributed by atoms with van der Waals surface area (Å²) in [6.07, 6.45) is 0. The first kappa shape index (κ1) is 28.4. The molecule has 44 heavy (non-hydrogen) atoms. The van der Waals surface area contributed by atoms with Gasteiger partial charge < -0.3 is 24.3 Å². The molecule has 222 valence electrons. The lowest BCUT2D eigenvalue weighted by Crippen LogP contribution is -2.37. The van der Waals surface area contributed by atoms with Crippen molar-refractivity contribution in [2.45, 2.75) is 19.8 Å². The van der Waals surface area contributed by atoms with E-state index in [1.54, 1.807) is 17.7 Å². The molecule has 0 fully saturated rings. The van der Waals surface area contributed by atoms with E-state index < -0.39 is 11.2 Å². The molecule has 0 aliphatic heterocycles. The molecule has 0 amide bonds. The number of nitrogens with zero attached hydrogens (tertiary/aromatic N) is 4. The number of aryl methyl sites for hydroxylation is 1. The third-order valence-electron chi connectivity index (χ3n) is 7.40. The molecule has 10 nitrogen and oxygen atoms in total. The summed E-state index contributed by atoms with van der Waals surface area (Å²) < 4.78 is 16.5. The molecule has 0 bridgehead atoms. The minimum Gasteiger partial charge on any atom is -0.504 e. The molecule has 0 aliphatic rings. The Morgan fingerprint density at radius 2 is 1.32 bits per heavy atom. The van der Waals surface area contributed by atoms with Crippen LogP contribution in [0.4, 0.5) is 0 Å². The van der Waals surface area contributed by atoms with Gasteiger partial charge in [0, 0.05) is 19.7 Å². The van der Waals surface area contributed by atoms with Gasteiger partial charge in [-0.25, -0.2) is 9.78 Å². The Bertz CT molecular complexity index is 2080. The average molecular weight is 591 g/mol. The maximum atomic E-state index is 13.4. The highest BCUT2D eigenvalue weighted by Gasteiger charge is 2.21. The summed E-state index contributed by atoms with van der Waals surface area (Å²) in [4.78, 5) is 30.8. The molecule has 0 aliphatic carbocycles. The van der Waals surface area contributed by atoms with Crippen LogP contribution in [0.1, 0.15) is 16.7 Å². The molecular weight excluding hydrogens is 560 g/mol. The summed E-state index contributed by atoms with van der Waals surface area (Å²) in [6, 6.07) is 29.5. The number of hydrogen-bond acceptors (Lipinski definition) is 7. The van der Waals surface area contributed by atoms with E-state index in [-0.39, 0.29) is 29.2 Å². The SMILES string of the molecule is Cn1c(=O)c2c(nc(-c3ccc(O)c(O)c3)n2Cc2ccc(OCc3ccccc3)c(OCc3ccccc3)c2)n(C)c1=O. The largest absolute Gasteiger partial charge is 0.504 e. The van der Waals surface area contributed by atoms with Crippen LogP contribution >= 0.6 is 0 Å². The Balaban J connectivity index is 1.44. The van der Waals surface area contributed by atoms with Crippen molar-refractivity contribution in [3.05, 3.63) is 135 Å². The second-order valence-corrected chi connectivity index (χ2v) is 10.4. The number of hydrogen-bond donors (Lipinski definition) is 2. The zero-order valence-corrected chi connectivity index (χ0v) is 24.2. The smallest absolute Gasteiger partial charge is 0.332 e. The predicted octanol–water partition coefficient (Wildman–Crippen LogP) is 4.72. The number of imidazole rings is 1. The van der Waals surface area contributed by atoms with E-state index in [4.69, 9.17) is 9.47 Å². The molecule has 0 spiro atoms. The van der Waals surface area contributed by atoms with Crippen molar-refractivity contribution in [2.75, 3.05) is 0 Å². The van der Waals surface area contributed by atoms with Crippen molar-refractivity contribution < 1.29 is 19.7 Å². The van der Waals surface area contributed by atoms with Crippen molar-refractivity contribution in [3.63, 3.8) is 0 Å². The number of ether oxygens (including phenoxy) is 2. The second kappa shape index (κ2) is 11.8. The highest BCUT2D eigenvalue weighted by Crippen LogP contribution is 2.34. The topological polar surface area (TPSA) is 121 Å². The molecule has 6 aromatic rings. The fourth-order valence-corrected chi connectivity index (χ4v) is 5.02. The number of phenols is 2. The zero-order chi connectivity index (χ0) is 30.8. The van der Waals surface area contributed by atoms with Gasteiger partial charge in [0.25, 0.3) is 5.56 Å². The Kier molecular flexibility index (Phi) is 7.63. The summed E-state index contributed by atoms with van der Waals surface area (Å²) in [5, 5.41) is 20.1. The third kappa shape index (κ3) is 5.52. The summed E-state index contributed by atoms with van der Waals surface area (Å²) >= 11 is 0. The van der Waals surface area contributed by atoms with Gasteiger partial charge in [-0.3, -0.25) is 13.9 Å². The molecule has 0 saturated carbocycles. The van der Waals surface area contributed by atoms with Crippen LogP contribution < -0.4 is 20.7 Å². The number of benzene rings is 4. The van der Waals surface area contributed by atoms with Gasteiger partial charge in [-0.05, 0) is 47.0 Å². The van der Waals surface area contributed by atoms with Gasteiger partial charge in [0.1, 0.15) is 19.0 Å². The van der Waals surface area contributed by atoms with Crippen molar-refractivity contribution in [3.8, 4) is 34.4 Å². The highest BCUT2D eigenvalue weighted by atomic mass is 16.5. The molecule has 0 unspecified atom stereocenters. The molecule has 6 rings (SSSR count). The van der Waals surface area contributed by atoms with Gasteiger partial charge in [0.2, 0.25) is 0 Å². The monoisotopic (exact) mass is 590 g/mol. The minimum atomic E-state index is -0.510. The molecule has 0 saturated heterocycles. The van der Waals surface area contributed by atoms with E-state index >= 15 is 0 Å². The van der Waals surface area contributed by atoms with Gasteiger partial charge in [-0.2, -0.15) is 0 Å². The Morgan fingerprint density at radius 1 is 0.682 bits per heavy atom. The minimum absolute atomic E-state index is 0.182. The van der Waals surface area contributed by atoms with Gasteiger partial charge in [-0.1, -0.05) is 66.7 Å². The van der Waals surface area contributed by atoms with E-state index in [1.807, 2.05) is 78.9 Å². The van der Waals surface area contributed by atoms with E-state index in [9.17, 15) is 19.8 Å². The van der Waals surface area contributed by atoms with Gasteiger partial charge in [-0.15, -0.1) is 0 Å². The van der Waals surface area contributed by atoms with E-state index in [2.05, 4.69) is 4.98 Å². The first-order valence-electron chi connectivity index (χ1n) is 13.9. The standard InChI is InChI=1S/C34H30N4O6/c1-36-32-30(33(41)37(2)34(36)42)38(31(35-32)25-14-15-26(39)27(40)18-25)19-24-13-16-28(43-20-22-9-5-3-6-10-22)29(17-24)44-21-23-11-7-4-8-12-23/h3-18,39-40H,19-21H2,1-2H3. The molecular formula is C34H30N4O6. The molecule has 2 aromatic heterocycles. The summed E-state index contributed by atoms with van der Waals surface area (Å²) in [5.74, 6) is 0.803.